The van der Waals surface area contributed by atoms with E-state index in [-0.39, 0.29) is 6.04 Å². The monoisotopic (exact) mass is 303 g/mol. The molecule has 2 rings (SSSR count). The molecule has 1 aliphatic rings. The fourth-order valence-corrected chi connectivity index (χ4v) is 5.70. The molecule has 2 atom stereocenters. The summed E-state index contributed by atoms with van der Waals surface area (Å²) >= 11 is 1.34. The molecule has 1 aromatic rings. The quantitative estimate of drug-likeness (QED) is 0.928. The van der Waals surface area contributed by atoms with Crippen molar-refractivity contribution in [2.75, 3.05) is 6.54 Å². The van der Waals surface area contributed by atoms with Crippen molar-refractivity contribution >= 4 is 21.4 Å². The molecule has 4 nitrogen and oxygen atoms in total. The van der Waals surface area contributed by atoms with Crippen molar-refractivity contribution in [3.63, 3.8) is 0 Å². The van der Waals surface area contributed by atoms with Crippen LogP contribution in [-0.4, -0.2) is 36.5 Å². The number of hydrogen-bond acceptors (Lipinski definition) is 4. The van der Waals surface area contributed by atoms with Crippen molar-refractivity contribution in [2.45, 2.75) is 55.9 Å². The second-order valence-corrected chi connectivity index (χ2v) is 8.28. The zero-order chi connectivity index (χ0) is 14.0. The third kappa shape index (κ3) is 3.02. The van der Waals surface area contributed by atoms with Gasteiger partial charge in [-0.1, -0.05) is 13.3 Å². The van der Waals surface area contributed by atoms with Crippen molar-refractivity contribution in [3.8, 4) is 0 Å². The van der Waals surface area contributed by atoms with Crippen LogP contribution in [0.5, 0.6) is 0 Å². The molecule has 0 saturated carbocycles. The summed E-state index contributed by atoms with van der Waals surface area (Å²) in [4.78, 5) is 1.07. The van der Waals surface area contributed by atoms with Gasteiger partial charge in [0.05, 0.1) is 12.1 Å². The molecule has 1 saturated heterocycles. The van der Waals surface area contributed by atoms with Crippen LogP contribution in [0.1, 0.15) is 38.0 Å². The fourth-order valence-electron chi connectivity index (χ4n) is 2.51. The number of aliphatic hydroxyl groups is 1. The topological polar surface area (TPSA) is 57.6 Å². The molecule has 1 fully saturated rings. The van der Waals surface area contributed by atoms with Crippen molar-refractivity contribution in [3.05, 3.63) is 17.0 Å². The van der Waals surface area contributed by atoms with Crippen molar-refractivity contribution in [1.82, 2.24) is 4.31 Å². The average Bonchev–Trinajstić information content (AvgIpc) is 2.88. The molecule has 0 spiro atoms. The molecule has 2 heterocycles. The first-order valence-electron chi connectivity index (χ1n) is 6.75. The predicted octanol–water partition coefficient (Wildman–Crippen LogP) is 2.23. The van der Waals surface area contributed by atoms with Gasteiger partial charge in [0, 0.05) is 11.4 Å². The van der Waals surface area contributed by atoms with E-state index in [2.05, 4.69) is 0 Å². The zero-order valence-electron chi connectivity index (χ0n) is 11.4. The highest BCUT2D eigenvalue weighted by Gasteiger charge is 2.36. The second-order valence-electron chi connectivity index (χ2n) is 4.99. The number of thiophene rings is 1. The van der Waals surface area contributed by atoms with Crippen LogP contribution in [0.25, 0.3) is 0 Å². The highest BCUT2D eigenvalue weighted by atomic mass is 32.2. The third-order valence-corrected chi connectivity index (χ3v) is 7.23. The number of nitrogens with zero attached hydrogens (tertiary/aromatic N) is 1. The molecule has 0 bridgehead atoms. The van der Waals surface area contributed by atoms with Crippen molar-refractivity contribution in [2.24, 2.45) is 0 Å². The first-order chi connectivity index (χ1) is 8.96. The molecule has 1 aromatic heterocycles. The molecule has 1 N–H and O–H groups in total. The normalized spacial score (nSPS) is 23.4. The van der Waals surface area contributed by atoms with Gasteiger partial charge in [0.2, 0.25) is 0 Å². The molecule has 108 valence electrons. The maximum Gasteiger partial charge on any atom is 0.252 e. The Hall–Kier alpha value is -0.430. The zero-order valence-corrected chi connectivity index (χ0v) is 13.0. The summed E-state index contributed by atoms with van der Waals surface area (Å²) in [5, 5.41) is 9.81. The van der Waals surface area contributed by atoms with Gasteiger partial charge in [0.1, 0.15) is 4.21 Å². The van der Waals surface area contributed by atoms with Crippen LogP contribution >= 0.6 is 11.3 Å². The van der Waals surface area contributed by atoms with Gasteiger partial charge in [-0.15, -0.1) is 11.3 Å². The van der Waals surface area contributed by atoms with Crippen molar-refractivity contribution < 1.29 is 13.5 Å². The summed E-state index contributed by atoms with van der Waals surface area (Å²) in [5.41, 5.74) is 0. The predicted molar refractivity (Wildman–Crippen MR) is 76.9 cm³/mol. The highest BCUT2D eigenvalue weighted by molar-refractivity contribution is 7.91. The van der Waals surface area contributed by atoms with Gasteiger partial charge in [-0.05, 0) is 38.3 Å². The number of sulfonamides is 1. The summed E-state index contributed by atoms with van der Waals surface area (Å²) < 4.78 is 27.2. The number of aliphatic hydroxyl groups excluding tert-OH is 1. The number of rotatable bonds is 4. The largest absolute Gasteiger partial charge is 0.392 e. The molecule has 0 aromatic carbocycles. The lowest BCUT2D eigenvalue weighted by molar-refractivity contribution is 0.0832. The molecule has 19 heavy (non-hydrogen) atoms. The number of piperidine rings is 1. The Kier molecular flexibility index (Phi) is 4.66. The summed E-state index contributed by atoms with van der Waals surface area (Å²) in [6, 6.07) is 3.27. The number of aryl methyl sites for hydroxylation is 1. The Labute approximate surface area is 119 Å². The van der Waals surface area contributed by atoms with Crippen molar-refractivity contribution in [1.29, 1.82) is 0 Å². The Morgan fingerprint density at radius 3 is 2.79 bits per heavy atom. The molecule has 0 amide bonds. The minimum atomic E-state index is -3.45. The molecule has 0 aliphatic carbocycles. The van der Waals surface area contributed by atoms with Crippen LogP contribution in [0.4, 0.5) is 0 Å². The number of hydrogen-bond donors (Lipinski definition) is 1. The van der Waals surface area contributed by atoms with E-state index in [1.807, 2.05) is 13.0 Å². The van der Waals surface area contributed by atoms with Gasteiger partial charge in [-0.2, -0.15) is 4.31 Å². The standard InChI is InChI=1S/C13H21NO3S2/c1-3-11-7-8-13(18-11)19(16,17)14-9-5-4-6-12(14)10(2)15/h7-8,10,12,15H,3-6,9H2,1-2H3/t10-,12+/m0/s1. The third-order valence-electron chi connectivity index (χ3n) is 3.60. The van der Waals surface area contributed by atoms with Crippen LogP contribution in [-0.2, 0) is 16.4 Å². The van der Waals surface area contributed by atoms with Gasteiger partial charge in [-0.3, -0.25) is 0 Å². The molecular weight excluding hydrogens is 282 g/mol. The van der Waals surface area contributed by atoms with Crippen LogP contribution in [0, 0.1) is 0 Å². The molecular formula is C13H21NO3S2. The van der Waals surface area contributed by atoms with Gasteiger partial charge in [0.15, 0.2) is 0 Å². The van der Waals surface area contributed by atoms with E-state index in [0.717, 1.165) is 30.6 Å². The lowest BCUT2D eigenvalue weighted by Gasteiger charge is -2.35. The van der Waals surface area contributed by atoms with Crippen LogP contribution in [0.3, 0.4) is 0 Å². The smallest absolute Gasteiger partial charge is 0.252 e. The molecule has 0 radical (unpaired) electrons. The SMILES string of the molecule is CCc1ccc(S(=O)(=O)N2CCCC[C@@H]2[C@H](C)O)s1. The second kappa shape index (κ2) is 5.91. The Bertz CT molecular complexity index is 522. The Morgan fingerprint density at radius 1 is 1.47 bits per heavy atom. The van der Waals surface area contributed by atoms with Gasteiger partial charge in [-0.25, -0.2) is 8.42 Å². The van der Waals surface area contributed by atoms with E-state index in [0.29, 0.717) is 10.8 Å². The lowest BCUT2D eigenvalue weighted by atomic mass is 10.0. The molecule has 0 unspecified atom stereocenters. The minimum Gasteiger partial charge on any atom is -0.392 e. The average molecular weight is 303 g/mol. The maximum absolute atomic E-state index is 12.7. The van der Waals surface area contributed by atoms with E-state index in [4.69, 9.17) is 0 Å². The Balaban J connectivity index is 2.31. The summed E-state index contributed by atoms with van der Waals surface area (Å²) in [6.45, 7) is 4.20. The molecule has 1 aliphatic heterocycles. The first-order valence-corrected chi connectivity index (χ1v) is 9.01. The van der Waals surface area contributed by atoms with Crippen LogP contribution in [0.2, 0.25) is 0 Å². The van der Waals surface area contributed by atoms with Crippen LogP contribution < -0.4 is 0 Å². The molecule has 6 heteroatoms. The van der Waals surface area contributed by atoms with E-state index in [1.54, 1.807) is 13.0 Å². The fraction of sp³-hybridized carbons (Fsp3) is 0.692. The van der Waals surface area contributed by atoms with Crippen LogP contribution in [0.15, 0.2) is 16.3 Å². The van der Waals surface area contributed by atoms with E-state index in [1.165, 1.54) is 15.6 Å². The van der Waals surface area contributed by atoms with E-state index < -0.39 is 16.1 Å². The van der Waals surface area contributed by atoms with E-state index in [9.17, 15) is 13.5 Å². The highest BCUT2D eigenvalue weighted by Crippen LogP contribution is 2.30. The summed E-state index contributed by atoms with van der Waals surface area (Å²) in [7, 11) is -3.45. The van der Waals surface area contributed by atoms with Gasteiger partial charge in [0.25, 0.3) is 10.0 Å². The minimum absolute atomic E-state index is 0.286. The Morgan fingerprint density at radius 2 is 2.21 bits per heavy atom. The first kappa shape index (κ1) is 15.0. The van der Waals surface area contributed by atoms with Gasteiger partial charge >= 0.3 is 0 Å². The van der Waals surface area contributed by atoms with E-state index >= 15 is 0 Å². The summed E-state index contributed by atoms with van der Waals surface area (Å²) in [5.74, 6) is 0. The van der Waals surface area contributed by atoms with Gasteiger partial charge < -0.3 is 5.11 Å². The summed E-state index contributed by atoms with van der Waals surface area (Å²) in [6.07, 6.45) is 2.81. The maximum atomic E-state index is 12.7. The lowest BCUT2D eigenvalue weighted by Crippen LogP contribution is -2.48.